The van der Waals surface area contributed by atoms with Crippen molar-refractivity contribution in [1.29, 1.82) is 0 Å². The van der Waals surface area contributed by atoms with Crippen LogP contribution in [0.2, 0.25) is 0 Å². The molecular formula is C13H21N3. The Labute approximate surface area is 97.6 Å². The highest BCUT2D eigenvalue weighted by Gasteiger charge is 2.08. The quantitative estimate of drug-likeness (QED) is 0.763. The molecule has 2 rings (SSSR count). The van der Waals surface area contributed by atoms with Crippen LogP contribution in [0.4, 0.5) is 11.4 Å². The van der Waals surface area contributed by atoms with Crippen LogP contribution in [0, 0.1) is 0 Å². The van der Waals surface area contributed by atoms with Crippen LogP contribution in [0.1, 0.15) is 19.3 Å². The van der Waals surface area contributed by atoms with Crippen LogP contribution in [0.25, 0.3) is 0 Å². The number of piperidine rings is 1. The second-order valence-electron chi connectivity index (χ2n) is 4.45. The summed E-state index contributed by atoms with van der Waals surface area (Å²) < 4.78 is 0. The van der Waals surface area contributed by atoms with Gasteiger partial charge in [-0.3, -0.25) is 0 Å². The number of hydrogen-bond donors (Lipinski definition) is 2. The van der Waals surface area contributed by atoms with E-state index in [1.165, 1.54) is 32.4 Å². The van der Waals surface area contributed by atoms with E-state index in [0.29, 0.717) is 0 Å². The first-order valence-electron chi connectivity index (χ1n) is 6.16. The van der Waals surface area contributed by atoms with Crippen molar-refractivity contribution in [3.05, 3.63) is 24.3 Å². The first-order valence-corrected chi connectivity index (χ1v) is 6.16. The molecule has 3 N–H and O–H groups in total. The molecule has 0 aliphatic carbocycles. The molecule has 0 atom stereocenters. The Morgan fingerprint density at radius 1 is 1.06 bits per heavy atom. The number of anilines is 2. The van der Waals surface area contributed by atoms with Crippen molar-refractivity contribution in [2.75, 3.05) is 37.2 Å². The monoisotopic (exact) mass is 219 g/mol. The highest BCUT2D eigenvalue weighted by molar-refractivity contribution is 5.51. The zero-order chi connectivity index (χ0) is 11.2. The van der Waals surface area contributed by atoms with E-state index in [4.69, 9.17) is 5.73 Å². The number of nitrogen functional groups attached to an aromatic ring is 1. The minimum atomic E-state index is 0.821. The normalized spacial score (nSPS) is 17.2. The van der Waals surface area contributed by atoms with E-state index < -0.39 is 0 Å². The molecule has 16 heavy (non-hydrogen) atoms. The van der Waals surface area contributed by atoms with Crippen LogP contribution in [0.15, 0.2) is 24.3 Å². The van der Waals surface area contributed by atoms with Crippen molar-refractivity contribution < 1.29 is 0 Å². The van der Waals surface area contributed by atoms with Gasteiger partial charge in [0, 0.05) is 24.5 Å². The number of benzene rings is 1. The number of nitrogens with two attached hydrogens (primary N) is 1. The maximum atomic E-state index is 5.64. The molecule has 0 radical (unpaired) electrons. The van der Waals surface area contributed by atoms with Crippen LogP contribution in [0.5, 0.6) is 0 Å². The molecule has 1 aromatic rings. The van der Waals surface area contributed by atoms with Gasteiger partial charge in [0.05, 0.1) is 0 Å². The van der Waals surface area contributed by atoms with E-state index in [1.54, 1.807) is 0 Å². The molecule has 0 bridgehead atoms. The molecular weight excluding hydrogens is 198 g/mol. The number of hydrogen-bond acceptors (Lipinski definition) is 3. The second-order valence-corrected chi connectivity index (χ2v) is 4.45. The van der Waals surface area contributed by atoms with Crippen LogP contribution < -0.4 is 11.1 Å². The second kappa shape index (κ2) is 5.75. The molecule has 1 aliphatic heterocycles. The Hall–Kier alpha value is -1.22. The van der Waals surface area contributed by atoms with Crippen LogP contribution in [-0.2, 0) is 0 Å². The summed E-state index contributed by atoms with van der Waals surface area (Å²) in [6.07, 6.45) is 4.13. The molecule has 3 heteroatoms. The van der Waals surface area contributed by atoms with Gasteiger partial charge in [0.15, 0.2) is 0 Å². The molecule has 0 amide bonds. The fraction of sp³-hybridized carbons (Fsp3) is 0.538. The smallest absolute Gasteiger partial charge is 0.0342 e. The summed E-state index contributed by atoms with van der Waals surface area (Å²) in [5.74, 6) is 0. The summed E-state index contributed by atoms with van der Waals surface area (Å²) in [7, 11) is 0. The minimum absolute atomic E-state index is 0.821. The van der Waals surface area contributed by atoms with E-state index in [0.717, 1.165) is 24.5 Å². The van der Waals surface area contributed by atoms with Gasteiger partial charge >= 0.3 is 0 Å². The van der Waals surface area contributed by atoms with E-state index in [9.17, 15) is 0 Å². The van der Waals surface area contributed by atoms with E-state index in [1.807, 2.05) is 24.3 Å². The average molecular weight is 219 g/mol. The van der Waals surface area contributed by atoms with Crippen LogP contribution in [-0.4, -0.2) is 31.1 Å². The molecule has 0 saturated carbocycles. The van der Waals surface area contributed by atoms with Crippen molar-refractivity contribution in [2.45, 2.75) is 19.3 Å². The van der Waals surface area contributed by atoms with E-state index in [-0.39, 0.29) is 0 Å². The summed E-state index contributed by atoms with van der Waals surface area (Å²) >= 11 is 0. The lowest BCUT2D eigenvalue weighted by molar-refractivity contribution is 0.237. The standard InChI is InChI=1S/C13H21N3/c14-12-4-6-13(7-5-12)15-8-11-16-9-2-1-3-10-16/h4-7,15H,1-3,8-11,14H2. The third kappa shape index (κ3) is 3.42. The summed E-state index contributed by atoms with van der Waals surface area (Å²) in [6, 6.07) is 7.93. The maximum absolute atomic E-state index is 5.64. The molecule has 0 aromatic heterocycles. The van der Waals surface area contributed by atoms with Gasteiger partial charge in [-0.15, -0.1) is 0 Å². The zero-order valence-electron chi connectivity index (χ0n) is 9.78. The van der Waals surface area contributed by atoms with E-state index in [2.05, 4.69) is 10.2 Å². The summed E-state index contributed by atoms with van der Waals surface area (Å²) in [6.45, 7) is 4.70. The number of likely N-dealkylation sites (tertiary alicyclic amines) is 1. The van der Waals surface area contributed by atoms with Crippen LogP contribution >= 0.6 is 0 Å². The number of nitrogens with zero attached hydrogens (tertiary/aromatic N) is 1. The Morgan fingerprint density at radius 2 is 1.75 bits per heavy atom. The van der Waals surface area contributed by atoms with Gasteiger partial charge in [-0.2, -0.15) is 0 Å². The zero-order valence-corrected chi connectivity index (χ0v) is 9.78. The first-order chi connectivity index (χ1) is 7.84. The molecule has 1 aliphatic rings. The van der Waals surface area contributed by atoms with Gasteiger partial charge in [0.25, 0.3) is 0 Å². The molecule has 0 spiro atoms. The number of rotatable bonds is 4. The topological polar surface area (TPSA) is 41.3 Å². The summed E-state index contributed by atoms with van der Waals surface area (Å²) in [5, 5.41) is 3.42. The third-order valence-electron chi connectivity index (χ3n) is 3.12. The minimum Gasteiger partial charge on any atom is -0.399 e. The van der Waals surface area contributed by atoms with Crippen molar-refractivity contribution in [3.8, 4) is 0 Å². The summed E-state index contributed by atoms with van der Waals surface area (Å²) in [5.41, 5.74) is 7.62. The molecule has 1 heterocycles. The Bertz CT molecular complexity index is 301. The fourth-order valence-electron chi connectivity index (χ4n) is 2.14. The predicted octanol–water partition coefficient (Wildman–Crippen LogP) is 2.17. The van der Waals surface area contributed by atoms with Crippen LogP contribution in [0.3, 0.4) is 0 Å². The first kappa shape index (κ1) is 11.3. The van der Waals surface area contributed by atoms with Gasteiger partial charge < -0.3 is 16.0 Å². The Morgan fingerprint density at radius 3 is 2.44 bits per heavy atom. The van der Waals surface area contributed by atoms with Gasteiger partial charge in [0.1, 0.15) is 0 Å². The third-order valence-corrected chi connectivity index (χ3v) is 3.12. The number of nitrogens with one attached hydrogen (secondary N) is 1. The lowest BCUT2D eigenvalue weighted by atomic mass is 10.1. The molecule has 1 fully saturated rings. The Kier molecular flexibility index (Phi) is 4.05. The molecule has 0 unspecified atom stereocenters. The maximum Gasteiger partial charge on any atom is 0.0342 e. The molecule has 88 valence electrons. The van der Waals surface area contributed by atoms with Gasteiger partial charge in [0.2, 0.25) is 0 Å². The lowest BCUT2D eigenvalue weighted by Crippen LogP contribution is -2.33. The predicted molar refractivity (Wildman–Crippen MR) is 69.6 cm³/mol. The highest BCUT2D eigenvalue weighted by atomic mass is 15.1. The molecule has 3 nitrogen and oxygen atoms in total. The molecule has 1 aromatic carbocycles. The van der Waals surface area contributed by atoms with E-state index >= 15 is 0 Å². The fourth-order valence-corrected chi connectivity index (χ4v) is 2.14. The lowest BCUT2D eigenvalue weighted by Gasteiger charge is -2.26. The van der Waals surface area contributed by atoms with Crippen molar-refractivity contribution in [1.82, 2.24) is 4.90 Å². The average Bonchev–Trinajstić information content (AvgIpc) is 2.33. The van der Waals surface area contributed by atoms with Crippen molar-refractivity contribution in [2.24, 2.45) is 0 Å². The highest BCUT2D eigenvalue weighted by Crippen LogP contribution is 2.11. The molecule has 1 saturated heterocycles. The SMILES string of the molecule is Nc1ccc(NCCN2CCCCC2)cc1. The van der Waals surface area contributed by atoms with Crippen molar-refractivity contribution >= 4 is 11.4 Å². The van der Waals surface area contributed by atoms with Gasteiger partial charge in [-0.1, -0.05) is 6.42 Å². The summed E-state index contributed by atoms with van der Waals surface area (Å²) in [4.78, 5) is 2.54. The van der Waals surface area contributed by atoms with Gasteiger partial charge in [-0.25, -0.2) is 0 Å². The van der Waals surface area contributed by atoms with Gasteiger partial charge in [-0.05, 0) is 50.2 Å². The largest absolute Gasteiger partial charge is 0.399 e. The van der Waals surface area contributed by atoms with Crippen molar-refractivity contribution in [3.63, 3.8) is 0 Å². The Balaban J connectivity index is 1.69.